The van der Waals surface area contributed by atoms with Crippen molar-refractivity contribution < 1.29 is 9.90 Å². The molecule has 0 spiro atoms. The molecule has 138 valence electrons. The van der Waals surface area contributed by atoms with E-state index in [1.54, 1.807) is 0 Å². The van der Waals surface area contributed by atoms with Crippen molar-refractivity contribution in [1.82, 2.24) is 9.80 Å². The van der Waals surface area contributed by atoms with Crippen LogP contribution in [0.5, 0.6) is 0 Å². The van der Waals surface area contributed by atoms with Gasteiger partial charge in [0, 0.05) is 43.8 Å². The van der Waals surface area contributed by atoms with Crippen LogP contribution in [0.3, 0.4) is 0 Å². The Morgan fingerprint density at radius 1 is 0.923 bits per heavy atom. The standard InChI is InChI=1S/C22H28N2O2/c1-17-12-23(14-19-6-4-3-5-7-19)13-18(2)24(17)15-20-8-10-21(11-9-20)22(26)16-25/h3-11,17-18,25H,12-16H2,1-2H3/t17-,18+. The molecule has 1 heterocycles. The molecule has 0 saturated carbocycles. The van der Waals surface area contributed by atoms with Gasteiger partial charge >= 0.3 is 0 Å². The molecule has 0 radical (unpaired) electrons. The fourth-order valence-corrected chi connectivity index (χ4v) is 3.85. The maximum absolute atomic E-state index is 11.5. The molecule has 2 aromatic rings. The summed E-state index contributed by atoms with van der Waals surface area (Å²) in [5.41, 5.74) is 3.14. The second-order valence-corrected chi connectivity index (χ2v) is 7.33. The van der Waals surface area contributed by atoms with Gasteiger partial charge in [-0.15, -0.1) is 0 Å². The summed E-state index contributed by atoms with van der Waals surface area (Å²) in [6.07, 6.45) is 0. The highest BCUT2D eigenvalue weighted by Gasteiger charge is 2.29. The SMILES string of the molecule is C[C@@H]1CN(Cc2ccccc2)C[C@H](C)N1Cc1ccc(C(=O)CO)cc1. The highest BCUT2D eigenvalue weighted by atomic mass is 16.3. The van der Waals surface area contributed by atoms with Crippen molar-refractivity contribution in [3.8, 4) is 0 Å². The summed E-state index contributed by atoms with van der Waals surface area (Å²) in [5.74, 6) is -0.229. The monoisotopic (exact) mass is 352 g/mol. The molecule has 0 amide bonds. The average Bonchev–Trinajstić information content (AvgIpc) is 2.65. The number of aliphatic hydroxyl groups is 1. The van der Waals surface area contributed by atoms with E-state index in [1.165, 1.54) is 11.1 Å². The summed E-state index contributed by atoms with van der Waals surface area (Å²) in [5, 5.41) is 8.96. The molecule has 1 N–H and O–H groups in total. The average molecular weight is 352 g/mol. The number of hydrogen-bond acceptors (Lipinski definition) is 4. The third kappa shape index (κ3) is 4.58. The Balaban J connectivity index is 1.60. The molecule has 3 rings (SSSR count). The topological polar surface area (TPSA) is 43.8 Å². The molecule has 0 aromatic heterocycles. The van der Waals surface area contributed by atoms with Crippen molar-refractivity contribution in [2.75, 3.05) is 19.7 Å². The van der Waals surface area contributed by atoms with Crippen LogP contribution in [0.25, 0.3) is 0 Å². The van der Waals surface area contributed by atoms with Crippen molar-refractivity contribution in [2.24, 2.45) is 0 Å². The molecule has 1 aliphatic heterocycles. The number of Topliss-reactive ketones (excluding diaryl/α,β-unsaturated/α-hetero) is 1. The third-order valence-electron chi connectivity index (χ3n) is 5.21. The van der Waals surface area contributed by atoms with Gasteiger partial charge in [0.1, 0.15) is 6.61 Å². The minimum Gasteiger partial charge on any atom is -0.388 e. The van der Waals surface area contributed by atoms with Gasteiger partial charge in [-0.3, -0.25) is 14.6 Å². The van der Waals surface area contributed by atoms with E-state index in [9.17, 15) is 4.79 Å². The Kier molecular flexibility index (Phi) is 6.20. The van der Waals surface area contributed by atoms with Gasteiger partial charge in [-0.1, -0.05) is 54.6 Å². The minimum absolute atomic E-state index is 0.229. The molecule has 0 aliphatic carbocycles. The van der Waals surface area contributed by atoms with E-state index in [4.69, 9.17) is 5.11 Å². The van der Waals surface area contributed by atoms with Crippen LogP contribution in [-0.4, -0.2) is 52.5 Å². The lowest BCUT2D eigenvalue weighted by Gasteiger charge is -2.44. The zero-order chi connectivity index (χ0) is 18.5. The zero-order valence-corrected chi connectivity index (χ0v) is 15.6. The number of aliphatic hydroxyl groups excluding tert-OH is 1. The highest BCUT2D eigenvalue weighted by molar-refractivity contribution is 5.96. The van der Waals surface area contributed by atoms with E-state index in [0.717, 1.165) is 26.2 Å². The van der Waals surface area contributed by atoms with Crippen LogP contribution >= 0.6 is 0 Å². The smallest absolute Gasteiger partial charge is 0.188 e. The molecule has 1 fully saturated rings. The van der Waals surface area contributed by atoms with Crippen molar-refractivity contribution in [2.45, 2.75) is 39.0 Å². The van der Waals surface area contributed by atoms with Gasteiger partial charge in [-0.05, 0) is 25.0 Å². The Hall–Kier alpha value is -2.01. The first-order valence-electron chi connectivity index (χ1n) is 9.32. The first kappa shape index (κ1) is 18.8. The fourth-order valence-electron chi connectivity index (χ4n) is 3.85. The van der Waals surface area contributed by atoms with Crippen LogP contribution in [0.1, 0.15) is 35.3 Å². The summed E-state index contributed by atoms with van der Waals surface area (Å²) in [4.78, 5) is 16.6. The first-order chi connectivity index (χ1) is 12.6. The minimum atomic E-state index is -0.434. The zero-order valence-electron chi connectivity index (χ0n) is 15.6. The number of rotatable bonds is 6. The van der Waals surface area contributed by atoms with Crippen molar-refractivity contribution in [3.05, 3.63) is 71.3 Å². The molecular formula is C22H28N2O2. The molecule has 26 heavy (non-hydrogen) atoms. The molecule has 4 nitrogen and oxygen atoms in total. The number of nitrogens with zero attached hydrogens (tertiary/aromatic N) is 2. The molecule has 2 atom stereocenters. The quantitative estimate of drug-likeness (QED) is 0.812. The van der Waals surface area contributed by atoms with Crippen molar-refractivity contribution in [1.29, 1.82) is 0 Å². The van der Waals surface area contributed by atoms with E-state index < -0.39 is 6.61 Å². The number of benzene rings is 2. The Bertz CT molecular complexity index is 703. The van der Waals surface area contributed by atoms with Crippen LogP contribution in [0, 0.1) is 0 Å². The molecule has 1 aliphatic rings. The lowest BCUT2D eigenvalue weighted by atomic mass is 10.0. The highest BCUT2D eigenvalue weighted by Crippen LogP contribution is 2.21. The summed E-state index contributed by atoms with van der Waals surface area (Å²) >= 11 is 0. The van der Waals surface area contributed by atoms with E-state index in [2.05, 4.69) is 54.0 Å². The number of carbonyl (C=O) groups is 1. The molecule has 0 bridgehead atoms. The first-order valence-corrected chi connectivity index (χ1v) is 9.32. The lowest BCUT2D eigenvalue weighted by molar-refractivity contribution is 0.0290. The van der Waals surface area contributed by atoms with Crippen LogP contribution in [-0.2, 0) is 13.1 Å². The molecule has 0 unspecified atom stereocenters. The third-order valence-corrected chi connectivity index (χ3v) is 5.21. The molecular weight excluding hydrogens is 324 g/mol. The fraction of sp³-hybridized carbons (Fsp3) is 0.409. The van der Waals surface area contributed by atoms with Crippen molar-refractivity contribution in [3.63, 3.8) is 0 Å². The predicted molar refractivity (Wildman–Crippen MR) is 104 cm³/mol. The normalized spacial score (nSPS) is 21.7. The summed E-state index contributed by atoms with van der Waals surface area (Å²) in [7, 11) is 0. The van der Waals surface area contributed by atoms with Crippen LogP contribution in [0.2, 0.25) is 0 Å². The maximum atomic E-state index is 11.5. The van der Waals surface area contributed by atoms with Gasteiger partial charge in [0.15, 0.2) is 5.78 Å². The molecule has 4 heteroatoms. The van der Waals surface area contributed by atoms with Crippen LogP contribution < -0.4 is 0 Å². The second kappa shape index (κ2) is 8.58. The van der Waals surface area contributed by atoms with Gasteiger partial charge < -0.3 is 5.11 Å². The molecule has 1 saturated heterocycles. The predicted octanol–water partition coefficient (Wildman–Crippen LogP) is 2.96. The van der Waals surface area contributed by atoms with Gasteiger partial charge in [0.25, 0.3) is 0 Å². The van der Waals surface area contributed by atoms with Gasteiger partial charge in [-0.25, -0.2) is 0 Å². The summed E-state index contributed by atoms with van der Waals surface area (Å²) < 4.78 is 0. The number of carbonyl (C=O) groups excluding carboxylic acids is 1. The Morgan fingerprint density at radius 2 is 1.50 bits per heavy atom. The number of piperazine rings is 1. The van der Waals surface area contributed by atoms with E-state index in [0.29, 0.717) is 17.6 Å². The summed E-state index contributed by atoms with van der Waals surface area (Å²) in [6.45, 7) is 8.14. The van der Waals surface area contributed by atoms with Crippen LogP contribution in [0.4, 0.5) is 0 Å². The largest absolute Gasteiger partial charge is 0.388 e. The maximum Gasteiger partial charge on any atom is 0.188 e. The molecule has 2 aromatic carbocycles. The van der Waals surface area contributed by atoms with Gasteiger partial charge in [0.05, 0.1) is 0 Å². The summed E-state index contributed by atoms with van der Waals surface area (Å²) in [6, 6.07) is 19.2. The number of hydrogen-bond donors (Lipinski definition) is 1. The van der Waals surface area contributed by atoms with Gasteiger partial charge in [0.2, 0.25) is 0 Å². The van der Waals surface area contributed by atoms with E-state index in [-0.39, 0.29) is 5.78 Å². The Labute approximate surface area is 156 Å². The van der Waals surface area contributed by atoms with E-state index in [1.807, 2.05) is 24.3 Å². The van der Waals surface area contributed by atoms with Crippen molar-refractivity contribution >= 4 is 5.78 Å². The lowest BCUT2D eigenvalue weighted by Crippen LogP contribution is -2.55. The van der Waals surface area contributed by atoms with E-state index >= 15 is 0 Å². The van der Waals surface area contributed by atoms with Crippen LogP contribution in [0.15, 0.2) is 54.6 Å². The second-order valence-electron chi connectivity index (χ2n) is 7.33. The number of ketones is 1. The van der Waals surface area contributed by atoms with Gasteiger partial charge in [-0.2, -0.15) is 0 Å². The Morgan fingerprint density at radius 3 is 2.08 bits per heavy atom.